The SMILES string of the molecule is CC#Cc1ccc(C2OCCO2)cc1. The van der Waals surface area contributed by atoms with Crippen LogP contribution in [0.1, 0.15) is 24.3 Å². The van der Waals surface area contributed by atoms with Gasteiger partial charge in [0.2, 0.25) is 0 Å². The van der Waals surface area contributed by atoms with E-state index in [1.54, 1.807) is 0 Å². The highest BCUT2D eigenvalue weighted by molar-refractivity contribution is 5.36. The van der Waals surface area contributed by atoms with Crippen LogP contribution in [0.25, 0.3) is 0 Å². The Morgan fingerprint density at radius 3 is 2.36 bits per heavy atom. The molecule has 2 nitrogen and oxygen atoms in total. The van der Waals surface area contributed by atoms with Gasteiger partial charge in [-0.25, -0.2) is 0 Å². The van der Waals surface area contributed by atoms with Gasteiger partial charge in [-0.1, -0.05) is 18.1 Å². The second-order valence-corrected chi connectivity index (χ2v) is 3.07. The third kappa shape index (κ3) is 1.95. The smallest absolute Gasteiger partial charge is 0.184 e. The molecule has 0 saturated carbocycles. The fraction of sp³-hybridized carbons (Fsp3) is 0.333. The molecule has 1 aliphatic heterocycles. The van der Waals surface area contributed by atoms with Gasteiger partial charge in [0.05, 0.1) is 13.2 Å². The number of ether oxygens (including phenoxy) is 2. The molecule has 72 valence electrons. The minimum Gasteiger partial charge on any atom is -0.346 e. The van der Waals surface area contributed by atoms with E-state index in [9.17, 15) is 0 Å². The highest BCUT2D eigenvalue weighted by Gasteiger charge is 2.17. The molecular formula is C12H12O2. The number of benzene rings is 1. The molecule has 0 unspecified atom stereocenters. The van der Waals surface area contributed by atoms with E-state index in [1.807, 2.05) is 31.2 Å². The van der Waals surface area contributed by atoms with Gasteiger partial charge < -0.3 is 9.47 Å². The van der Waals surface area contributed by atoms with E-state index < -0.39 is 0 Å². The lowest BCUT2D eigenvalue weighted by atomic mass is 10.1. The topological polar surface area (TPSA) is 18.5 Å². The van der Waals surface area contributed by atoms with Crippen molar-refractivity contribution in [2.24, 2.45) is 0 Å². The van der Waals surface area contributed by atoms with Crippen molar-refractivity contribution in [1.82, 2.24) is 0 Å². The molecule has 1 heterocycles. The van der Waals surface area contributed by atoms with Gasteiger partial charge in [0.15, 0.2) is 6.29 Å². The van der Waals surface area contributed by atoms with Gasteiger partial charge in [0.25, 0.3) is 0 Å². The maximum absolute atomic E-state index is 5.38. The molecule has 1 saturated heterocycles. The minimum atomic E-state index is -0.182. The van der Waals surface area contributed by atoms with Gasteiger partial charge in [-0.05, 0) is 19.1 Å². The highest BCUT2D eigenvalue weighted by Crippen LogP contribution is 2.22. The number of hydrogen-bond donors (Lipinski definition) is 0. The maximum atomic E-state index is 5.38. The second-order valence-electron chi connectivity index (χ2n) is 3.07. The van der Waals surface area contributed by atoms with Crippen molar-refractivity contribution in [2.45, 2.75) is 13.2 Å². The van der Waals surface area contributed by atoms with Gasteiger partial charge in [0, 0.05) is 11.1 Å². The molecule has 0 aliphatic carbocycles. The Labute approximate surface area is 83.8 Å². The molecule has 2 rings (SSSR count). The van der Waals surface area contributed by atoms with Crippen molar-refractivity contribution in [3.8, 4) is 11.8 Å². The molecule has 2 heteroatoms. The fourth-order valence-electron chi connectivity index (χ4n) is 1.42. The molecular weight excluding hydrogens is 176 g/mol. The monoisotopic (exact) mass is 188 g/mol. The lowest BCUT2D eigenvalue weighted by Gasteiger charge is -2.08. The zero-order chi connectivity index (χ0) is 9.80. The normalized spacial score (nSPS) is 16.4. The van der Waals surface area contributed by atoms with Gasteiger partial charge >= 0.3 is 0 Å². The van der Waals surface area contributed by atoms with E-state index in [0.717, 1.165) is 11.1 Å². The first-order valence-electron chi connectivity index (χ1n) is 4.66. The molecule has 0 spiro atoms. The molecule has 14 heavy (non-hydrogen) atoms. The Hall–Kier alpha value is -1.30. The van der Waals surface area contributed by atoms with Crippen molar-refractivity contribution < 1.29 is 9.47 Å². The lowest BCUT2D eigenvalue weighted by molar-refractivity contribution is -0.0441. The molecule has 1 fully saturated rings. The Morgan fingerprint density at radius 2 is 1.79 bits per heavy atom. The van der Waals surface area contributed by atoms with E-state index in [0.29, 0.717) is 13.2 Å². The summed E-state index contributed by atoms with van der Waals surface area (Å²) in [6.45, 7) is 3.19. The van der Waals surface area contributed by atoms with Crippen LogP contribution in [-0.2, 0) is 9.47 Å². The molecule has 0 bridgehead atoms. The predicted octanol–water partition coefficient (Wildman–Crippen LogP) is 2.10. The van der Waals surface area contributed by atoms with Gasteiger partial charge in [0.1, 0.15) is 0 Å². The van der Waals surface area contributed by atoms with Crippen LogP contribution in [0.2, 0.25) is 0 Å². The predicted molar refractivity (Wildman–Crippen MR) is 53.6 cm³/mol. The summed E-state index contributed by atoms with van der Waals surface area (Å²) in [6.07, 6.45) is -0.182. The Bertz CT molecular complexity index is 350. The zero-order valence-corrected chi connectivity index (χ0v) is 8.12. The van der Waals surface area contributed by atoms with Crippen LogP contribution in [0.4, 0.5) is 0 Å². The van der Waals surface area contributed by atoms with Crippen molar-refractivity contribution in [2.75, 3.05) is 13.2 Å². The summed E-state index contributed by atoms with van der Waals surface area (Å²) in [4.78, 5) is 0. The largest absolute Gasteiger partial charge is 0.346 e. The summed E-state index contributed by atoms with van der Waals surface area (Å²) in [5.41, 5.74) is 2.08. The summed E-state index contributed by atoms with van der Waals surface area (Å²) >= 11 is 0. The van der Waals surface area contributed by atoms with E-state index in [4.69, 9.17) is 9.47 Å². The zero-order valence-electron chi connectivity index (χ0n) is 8.12. The molecule has 0 N–H and O–H groups in total. The van der Waals surface area contributed by atoms with Crippen molar-refractivity contribution in [1.29, 1.82) is 0 Å². The summed E-state index contributed by atoms with van der Waals surface area (Å²) < 4.78 is 10.8. The second kappa shape index (κ2) is 4.28. The Morgan fingerprint density at radius 1 is 1.14 bits per heavy atom. The lowest BCUT2D eigenvalue weighted by Crippen LogP contribution is -1.97. The average molecular weight is 188 g/mol. The van der Waals surface area contributed by atoms with Gasteiger partial charge in [-0.2, -0.15) is 0 Å². The van der Waals surface area contributed by atoms with Crippen LogP contribution in [0.15, 0.2) is 24.3 Å². The molecule has 0 amide bonds. The van der Waals surface area contributed by atoms with Gasteiger partial charge in [-0.15, -0.1) is 5.92 Å². The van der Waals surface area contributed by atoms with Gasteiger partial charge in [-0.3, -0.25) is 0 Å². The summed E-state index contributed by atoms with van der Waals surface area (Å²) in [7, 11) is 0. The average Bonchev–Trinajstić information content (AvgIpc) is 2.72. The van der Waals surface area contributed by atoms with Crippen LogP contribution in [0.5, 0.6) is 0 Å². The first-order valence-corrected chi connectivity index (χ1v) is 4.66. The highest BCUT2D eigenvalue weighted by atomic mass is 16.7. The molecule has 1 aromatic carbocycles. The van der Waals surface area contributed by atoms with Crippen molar-refractivity contribution in [3.63, 3.8) is 0 Å². The first-order chi connectivity index (χ1) is 6.90. The summed E-state index contributed by atoms with van der Waals surface area (Å²) in [5, 5.41) is 0. The van der Waals surface area contributed by atoms with Crippen LogP contribution in [0, 0.1) is 11.8 Å². The summed E-state index contributed by atoms with van der Waals surface area (Å²) in [5.74, 6) is 5.85. The van der Waals surface area contributed by atoms with Crippen molar-refractivity contribution in [3.05, 3.63) is 35.4 Å². The quantitative estimate of drug-likeness (QED) is 0.628. The van der Waals surface area contributed by atoms with E-state index in [-0.39, 0.29) is 6.29 Å². The fourth-order valence-corrected chi connectivity index (χ4v) is 1.42. The third-order valence-electron chi connectivity index (χ3n) is 2.07. The summed E-state index contributed by atoms with van der Waals surface area (Å²) in [6, 6.07) is 7.96. The van der Waals surface area contributed by atoms with E-state index in [2.05, 4.69) is 11.8 Å². The first kappa shape index (κ1) is 9.26. The molecule has 0 aromatic heterocycles. The van der Waals surface area contributed by atoms with Crippen LogP contribution in [0.3, 0.4) is 0 Å². The van der Waals surface area contributed by atoms with Crippen molar-refractivity contribution >= 4 is 0 Å². The number of rotatable bonds is 1. The van der Waals surface area contributed by atoms with Crippen LogP contribution in [-0.4, -0.2) is 13.2 Å². The molecule has 1 aliphatic rings. The Kier molecular flexibility index (Phi) is 2.83. The van der Waals surface area contributed by atoms with Crippen LogP contribution < -0.4 is 0 Å². The standard InChI is InChI=1S/C12H12O2/c1-2-3-10-4-6-11(7-5-10)12-13-8-9-14-12/h4-7,12H,8-9H2,1H3. The molecule has 1 aromatic rings. The molecule has 0 atom stereocenters. The Balaban J connectivity index is 2.15. The minimum absolute atomic E-state index is 0.182. The van der Waals surface area contributed by atoms with E-state index in [1.165, 1.54) is 0 Å². The maximum Gasteiger partial charge on any atom is 0.184 e. The van der Waals surface area contributed by atoms with Crippen LogP contribution >= 0.6 is 0 Å². The third-order valence-corrected chi connectivity index (χ3v) is 2.07. The number of hydrogen-bond acceptors (Lipinski definition) is 2. The van der Waals surface area contributed by atoms with E-state index >= 15 is 0 Å². The molecule has 0 radical (unpaired) electrons.